The molecule has 12 heavy (non-hydrogen) atoms. The third kappa shape index (κ3) is 1.89. The second kappa shape index (κ2) is 3.76. The number of nitrogens with one attached hydrogen (secondary N) is 1. The number of hydrogen-bond donors (Lipinski definition) is 1. The summed E-state index contributed by atoms with van der Waals surface area (Å²) in [7, 11) is 0. The Morgan fingerprint density at radius 2 is 2.58 bits per heavy atom. The predicted molar refractivity (Wildman–Crippen MR) is 48.0 cm³/mol. The van der Waals surface area contributed by atoms with Gasteiger partial charge in [0, 0.05) is 6.42 Å². The highest BCUT2D eigenvalue weighted by Gasteiger charge is 2.14. The van der Waals surface area contributed by atoms with E-state index in [-0.39, 0.29) is 0 Å². The smallest absolute Gasteiger partial charge is 0.104 e. The van der Waals surface area contributed by atoms with E-state index in [9.17, 15) is 0 Å². The molecule has 66 valence electrons. The Balaban J connectivity index is 1.86. The molecule has 0 aliphatic carbocycles. The zero-order valence-electron chi connectivity index (χ0n) is 7.25. The minimum absolute atomic E-state index is 0.782. The fourth-order valence-corrected chi connectivity index (χ4v) is 1.81. The fourth-order valence-electron chi connectivity index (χ4n) is 1.81. The van der Waals surface area contributed by atoms with Crippen LogP contribution in [0.4, 0.5) is 0 Å². The quantitative estimate of drug-likeness (QED) is 0.723. The van der Waals surface area contributed by atoms with Crippen LogP contribution >= 0.6 is 0 Å². The van der Waals surface area contributed by atoms with Crippen molar-refractivity contribution in [2.24, 2.45) is 5.92 Å². The van der Waals surface area contributed by atoms with Crippen molar-refractivity contribution in [2.45, 2.75) is 19.3 Å². The molecule has 1 atom stereocenters. The van der Waals surface area contributed by atoms with Crippen LogP contribution in [0.25, 0.3) is 0 Å². The standard InChI is InChI=1S/C10H15NO/c1-3-9(8-11-5-1)7-10-4-2-6-12-10/h2,4,6,9,11H,1,3,5,7-8H2. The molecule has 0 aromatic carbocycles. The molecule has 1 N–H and O–H groups in total. The molecule has 2 nitrogen and oxygen atoms in total. The topological polar surface area (TPSA) is 25.2 Å². The molecule has 1 aromatic heterocycles. The summed E-state index contributed by atoms with van der Waals surface area (Å²) < 4.78 is 5.31. The lowest BCUT2D eigenvalue weighted by Gasteiger charge is -2.21. The summed E-state index contributed by atoms with van der Waals surface area (Å²) in [6.45, 7) is 2.34. The van der Waals surface area contributed by atoms with Gasteiger partial charge in [-0.1, -0.05) is 0 Å². The highest BCUT2D eigenvalue weighted by Crippen LogP contribution is 2.16. The van der Waals surface area contributed by atoms with Crippen molar-refractivity contribution in [3.63, 3.8) is 0 Å². The molecule has 1 fully saturated rings. The maximum atomic E-state index is 5.31. The zero-order chi connectivity index (χ0) is 8.23. The van der Waals surface area contributed by atoms with E-state index in [1.54, 1.807) is 6.26 Å². The van der Waals surface area contributed by atoms with Gasteiger partial charge in [-0.25, -0.2) is 0 Å². The Hall–Kier alpha value is -0.760. The van der Waals surface area contributed by atoms with Crippen LogP contribution in [-0.4, -0.2) is 13.1 Å². The molecular weight excluding hydrogens is 150 g/mol. The maximum absolute atomic E-state index is 5.31. The third-order valence-electron chi connectivity index (χ3n) is 2.47. The second-order valence-corrected chi connectivity index (χ2v) is 3.50. The second-order valence-electron chi connectivity index (χ2n) is 3.50. The summed E-state index contributed by atoms with van der Waals surface area (Å²) >= 11 is 0. The Labute approximate surface area is 73.0 Å². The van der Waals surface area contributed by atoms with Crippen LogP contribution in [0.1, 0.15) is 18.6 Å². The van der Waals surface area contributed by atoms with E-state index < -0.39 is 0 Å². The Morgan fingerprint density at radius 3 is 3.25 bits per heavy atom. The first-order valence-corrected chi connectivity index (χ1v) is 4.68. The van der Waals surface area contributed by atoms with E-state index in [1.807, 2.05) is 6.07 Å². The molecule has 1 aromatic rings. The van der Waals surface area contributed by atoms with Crippen LogP contribution in [-0.2, 0) is 6.42 Å². The summed E-state index contributed by atoms with van der Waals surface area (Å²) in [4.78, 5) is 0. The monoisotopic (exact) mass is 165 g/mol. The van der Waals surface area contributed by atoms with Gasteiger partial charge in [-0.05, 0) is 44.0 Å². The molecular formula is C10H15NO. The molecule has 1 unspecified atom stereocenters. The van der Waals surface area contributed by atoms with Gasteiger partial charge in [0.15, 0.2) is 0 Å². The van der Waals surface area contributed by atoms with E-state index >= 15 is 0 Å². The molecule has 1 aliphatic heterocycles. The average Bonchev–Trinajstić information content (AvgIpc) is 2.59. The maximum Gasteiger partial charge on any atom is 0.104 e. The largest absolute Gasteiger partial charge is 0.469 e. The lowest BCUT2D eigenvalue weighted by molar-refractivity contribution is 0.350. The molecule has 0 radical (unpaired) electrons. The van der Waals surface area contributed by atoms with Crippen LogP contribution in [0.15, 0.2) is 22.8 Å². The third-order valence-corrected chi connectivity index (χ3v) is 2.47. The van der Waals surface area contributed by atoms with Crippen molar-refractivity contribution < 1.29 is 4.42 Å². The Kier molecular flexibility index (Phi) is 2.47. The fraction of sp³-hybridized carbons (Fsp3) is 0.600. The van der Waals surface area contributed by atoms with Gasteiger partial charge in [-0.3, -0.25) is 0 Å². The number of hydrogen-bond acceptors (Lipinski definition) is 2. The summed E-state index contributed by atoms with van der Waals surface area (Å²) in [5.41, 5.74) is 0. The van der Waals surface area contributed by atoms with Gasteiger partial charge in [-0.2, -0.15) is 0 Å². The van der Waals surface area contributed by atoms with Crippen LogP contribution in [0, 0.1) is 5.92 Å². The Bertz CT molecular complexity index is 212. The average molecular weight is 165 g/mol. The summed E-state index contributed by atoms with van der Waals surface area (Å²) in [6.07, 6.45) is 5.50. The zero-order valence-corrected chi connectivity index (χ0v) is 7.25. The first-order valence-electron chi connectivity index (χ1n) is 4.68. The highest BCUT2D eigenvalue weighted by atomic mass is 16.3. The van der Waals surface area contributed by atoms with E-state index in [0.29, 0.717) is 0 Å². The SMILES string of the molecule is c1coc(CC2CCCNC2)c1. The Morgan fingerprint density at radius 1 is 1.58 bits per heavy atom. The van der Waals surface area contributed by atoms with Gasteiger partial charge in [0.05, 0.1) is 6.26 Å². The summed E-state index contributed by atoms with van der Waals surface area (Å²) in [6, 6.07) is 4.03. The first-order chi connectivity index (χ1) is 5.95. The molecule has 2 rings (SSSR count). The first kappa shape index (κ1) is 7.87. The van der Waals surface area contributed by atoms with Gasteiger partial charge in [0.2, 0.25) is 0 Å². The summed E-state index contributed by atoms with van der Waals surface area (Å²) in [5, 5.41) is 3.41. The van der Waals surface area contributed by atoms with Crippen LogP contribution < -0.4 is 5.32 Å². The van der Waals surface area contributed by atoms with Crippen molar-refractivity contribution >= 4 is 0 Å². The van der Waals surface area contributed by atoms with Crippen molar-refractivity contribution in [1.82, 2.24) is 5.32 Å². The van der Waals surface area contributed by atoms with Gasteiger partial charge in [0.25, 0.3) is 0 Å². The van der Waals surface area contributed by atoms with Crippen molar-refractivity contribution in [2.75, 3.05) is 13.1 Å². The van der Waals surface area contributed by atoms with E-state index in [2.05, 4.69) is 11.4 Å². The van der Waals surface area contributed by atoms with Crippen LogP contribution in [0.2, 0.25) is 0 Å². The molecule has 2 heterocycles. The summed E-state index contributed by atoms with van der Waals surface area (Å²) in [5.74, 6) is 1.91. The lowest BCUT2D eigenvalue weighted by atomic mass is 9.95. The van der Waals surface area contributed by atoms with Gasteiger partial charge < -0.3 is 9.73 Å². The molecule has 0 bridgehead atoms. The molecule has 0 amide bonds. The lowest BCUT2D eigenvalue weighted by Crippen LogP contribution is -2.30. The van der Waals surface area contributed by atoms with Gasteiger partial charge >= 0.3 is 0 Å². The molecule has 0 spiro atoms. The normalized spacial score (nSPS) is 24.2. The van der Waals surface area contributed by atoms with Gasteiger partial charge in [0.1, 0.15) is 5.76 Å². The van der Waals surface area contributed by atoms with E-state index in [0.717, 1.165) is 24.6 Å². The van der Waals surface area contributed by atoms with Crippen molar-refractivity contribution in [3.05, 3.63) is 24.2 Å². The molecule has 1 saturated heterocycles. The molecule has 1 aliphatic rings. The predicted octanol–water partition coefficient (Wildman–Crippen LogP) is 1.82. The van der Waals surface area contributed by atoms with Crippen LogP contribution in [0.3, 0.4) is 0 Å². The minimum atomic E-state index is 0.782. The number of furan rings is 1. The number of rotatable bonds is 2. The minimum Gasteiger partial charge on any atom is -0.469 e. The molecule has 0 saturated carbocycles. The van der Waals surface area contributed by atoms with Crippen LogP contribution in [0.5, 0.6) is 0 Å². The van der Waals surface area contributed by atoms with Gasteiger partial charge in [-0.15, -0.1) is 0 Å². The van der Waals surface area contributed by atoms with E-state index in [1.165, 1.54) is 19.4 Å². The van der Waals surface area contributed by atoms with Crippen molar-refractivity contribution in [3.8, 4) is 0 Å². The van der Waals surface area contributed by atoms with Crippen molar-refractivity contribution in [1.29, 1.82) is 0 Å². The molecule has 2 heteroatoms. The van der Waals surface area contributed by atoms with E-state index in [4.69, 9.17) is 4.42 Å². The number of piperidine rings is 1. The highest BCUT2D eigenvalue weighted by molar-refractivity contribution is 4.99.